The van der Waals surface area contributed by atoms with Crippen LogP contribution in [0.5, 0.6) is 11.5 Å². The Bertz CT molecular complexity index is 1330. The van der Waals surface area contributed by atoms with E-state index in [-0.39, 0.29) is 17.4 Å². The Balaban J connectivity index is 1.59. The Morgan fingerprint density at radius 1 is 1.25 bits per heavy atom. The molecule has 0 unspecified atom stereocenters. The van der Waals surface area contributed by atoms with Crippen LogP contribution in [0, 0.1) is 5.92 Å². The van der Waals surface area contributed by atoms with Crippen LogP contribution in [0.2, 0.25) is 0 Å². The largest absolute Gasteiger partial charge is 0.507 e. The number of aliphatic hydroxyl groups excluding tert-OH is 1. The summed E-state index contributed by atoms with van der Waals surface area (Å²) in [6.07, 6.45) is 3.25. The third-order valence-corrected chi connectivity index (χ3v) is 7.15. The molecule has 1 N–H and O–H groups in total. The predicted molar refractivity (Wildman–Crippen MR) is 139 cm³/mol. The van der Waals surface area contributed by atoms with Gasteiger partial charge in [-0.3, -0.25) is 14.5 Å². The predicted octanol–water partition coefficient (Wildman–Crippen LogP) is 5.52. The Labute approximate surface area is 214 Å². The summed E-state index contributed by atoms with van der Waals surface area (Å²) >= 11 is 1.26. The second-order valence-electron chi connectivity index (χ2n) is 9.54. The average Bonchev–Trinajstić information content (AvgIpc) is 3.56. The summed E-state index contributed by atoms with van der Waals surface area (Å²) in [5, 5.41) is 13.6. The Morgan fingerprint density at radius 3 is 2.83 bits per heavy atom. The first-order chi connectivity index (χ1) is 17.3. The van der Waals surface area contributed by atoms with Gasteiger partial charge in [0.15, 0.2) is 5.13 Å². The van der Waals surface area contributed by atoms with Crippen LogP contribution in [0.3, 0.4) is 0 Å². The summed E-state index contributed by atoms with van der Waals surface area (Å²) in [4.78, 5) is 32.2. The smallest absolute Gasteiger partial charge is 0.301 e. The molecule has 1 aromatic heterocycles. The maximum atomic E-state index is 13.3. The minimum atomic E-state index is -0.840. The van der Waals surface area contributed by atoms with Crippen molar-refractivity contribution in [2.45, 2.75) is 45.8 Å². The molecule has 0 aliphatic carbocycles. The molecule has 186 valence electrons. The summed E-state index contributed by atoms with van der Waals surface area (Å²) in [7, 11) is 0. The number of amides is 1. The lowest BCUT2D eigenvalue weighted by Crippen LogP contribution is -2.29. The molecule has 3 aromatic rings. The summed E-state index contributed by atoms with van der Waals surface area (Å²) in [6.45, 7) is 6.80. The summed E-state index contributed by atoms with van der Waals surface area (Å²) in [6, 6.07) is 11.8. The number of Topliss-reactive ketones (excluding diaryl/α,β-unsaturated/α-hetero) is 1. The number of rotatable bonds is 7. The van der Waals surface area contributed by atoms with Gasteiger partial charge in [-0.2, -0.15) is 0 Å². The molecule has 3 heterocycles. The van der Waals surface area contributed by atoms with E-state index in [4.69, 9.17) is 9.47 Å². The van der Waals surface area contributed by atoms with E-state index >= 15 is 0 Å². The third-order valence-electron chi connectivity index (χ3n) is 6.38. The number of thiazole rings is 1. The van der Waals surface area contributed by atoms with Crippen LogP contribution in [0.15, 0.2) is 59.6 Å². The van der Waals surface area contributed by atoms with E-state index < -0.39 is 17.7 Å². The molecule has 36 heavy (non-hydrogen) atoms. The maximum Gasteiger partial charge on any atom is 0.301 e. The number of hydrogen-bond acceptors (Lipinski definition) is 7. The molecule has 1 amide bonds. The highest BCUT2D eigenvalue weighted by molar-refractivity contribution is 7.14. The van der Waals surface area contributed by atoms with E-state index in [0.717, 1.165) is 17.7 Å². The Morgan fingerprint density at radius 2 is 2.08 bits per heavy atom. The highest BCUT2D eigenvalue weighted by atomic mass is 32.1. The molecule has 1 fully saturated rings. The van der Waals surface area contributed by atoms with Gasteiger partial charge >= 0.3 is 5.91 Å². The standard InChI is InChI=1S/C28H28N2O5S/c1-16(2)9-11-34-21-6-4-5-18(15-21)24-23(26(32)27(33)30(24)28-29-10-12-36-28)25(31)19-7-8-22-20(14-19)13-17(3)35-22/h4-8,10,12,14-17,24,31H,9,11,13H2,1-3H3/t17-,24-/m1/s1. The number of anilines is 1. The maximum absolute atomic E-state index is 13.3. The SMILES string of the molecule is CC(C)CCOc1cccc([C@@H]2C(=C(O)c3ccc4c(c3)C[C@@H](C)O4)C(=O)C(=O)N2c2nccs2)c1. The van der Waals surface area contributed by atoms with E-state index in [9.17, 15) is 14.7 Å². The monoisotopic (exact) mass is 504 g/mol. The van der Waals surface area contributed by atoms with Crippen molar-refractivity contribution in [2.24, 2.45) is 5.92 Å². The molecule has 1 saturated heterocycles. The molecule has 2 aromatic carbocycles. The third kappa shape index (κ3) is 4.48. The van der Waals surface area contributed by atoms with E-state index in [1.807, 2.05) is 37.3 Å². The van der Waals surface area contributed by atoms with Gasteiger partial charge in [-0.25, -0.2) is 4.98 Å². The van der Waals surface area contributed by atoms with Crippen molar-refractivity contribution in [3.63, 3.8) is 0 Å². The van der Waals surface area contributed by atoms with Crippen LogP contribution in [-0.2, 0) is 16.0 Å². The molecule has 2 aliphatic rings. The summed E-state index contributed by atoms with van der Waals surface area (Å²) in [5.74, 6) is 0.230. The van der Waals surface area contributed by atoms with Crippen molar-refractivity contribution in [1.29, 1.82) is 0 Å². The number of nitrogens with zero attached hydrogens (tertiary/aromatic N) is 2. The average molecular weight is 505 g/mol. The second-order valence-corrected chi connectivity index (χ2v) is 10.4. The van der Waals surface area contributed by atoms with Gasteiger partial charge in [-0.1, -0.05) is 26.0 Å². The molecule has 0 spiro atoms. The van der Waals surface area contributed by atoms with Crippen molar-refractivity contribution in [1.82, 2.24) is 4.98 Å². The summed E-state index contributed by atoms with van der Waals surface area (Å²) in [5.41, 5.74) is 2.11. The normalized spacial score (nSPS) is 20.6. The van der Waals surface area contributed by atoms with E-state index in [1.165, 1.54) is 16.2 Å². The minimum Gasteiger partial charge on any atom is -0.507 e. The fourth-order valence-electron chi connectivity index (χ4n) is 4.59. The zero-order chi connectivity index (χ0) is 25.4. The van der Waals surface area contributed by atoms with Crippen molar-refractivity contribution in [2.75, 3.05) is 11.5 Å². The van der Waals surface area contributed by atoms with Crippen LogP contribution >= 0.6 is 11.3 Å². The van der Waals surface area contributed by atoms with Crippen LogP contribution in [0.4, 0.5) is 5.13 Å². The van der Waals surface area contributed by atoms with Gasteiger partial charge < -0.3 is 14.6 Å². The van der Waals surface area contributed by atoms with Crippen LogP contribution in [0.1, 0.15) is 49.9 Å². The number of carbonyl (C=O) groups excluding carboxylic acids is 2. The van der Waals surface area contributed by atoms with Gasteiger partial charge in [0.25, 0.3) is 5.78 Å². The molecule has 7 nitrogen and oxygen atoms in total. The summed E-state index contributed by atoms with van der Waals surface area (Å²) < 4.78 is 11.7. The second kappa shape index (κ2) is 9.78. The molecular weight excluding hydrogens is 476 g/mol. The first-order valence-corrected chi connectivity index (χ1v) is 12.9. The van der Waals surface area contributed by atoms with Gasteiger partial charge in [0.2, 0.25) is 0 Å². The lowest BCUT2D eigenvalue weighted by Gasteiger charge is -2.23. The zero-order valence-electron chi connectivity index (χ0n) is 20.4. The fourth-order valence-corrected chi connectivity index (χ4v) is 5.26. The van der Waals surface area contributed by atoms with E-state index in [2.05, 4.69) is 18.8 Å². The van der Waals surface area contributed by atoms with Gasteiger partial charge in [0, 0.05) is 23.6 Å². The molecule has 2 aliphatic heterocycles. The Kier molecular flexibility index (Phi) is 6.53. The number of ketones is 1. The minimum absolute atomic E-state index is 0.0291. The van der Waals surface area contributed by atoms with Gasteiger partial charge in [-0.15, -0.1) is 11.3 Å². The van der Waals surface area contributed by atoms with Crippen molar-refractivity contribution in [3.8, 4) is 11.5 Å². The molecule has 0 saturated carbocycles. The molecule has 5 rings (SSSR count). The molecule has 0 bridgehead atoms. The first kappa shape index (κ1) is 24.1. The van der Waals surface area contributed by atoms with Crippen LogP contribution < -0.4 is 14.4 Å². The lowest BCUT2D eigenvalue weighted by atomic mass is 9.94. The van der Waals surface area contributed by atoms with Crippen molar-refractivity contribution < 1.29 is 24.2 Å². The van der Waals surface area contributed by atoms with Gasteiger partial charge in [0.1, 0.15) is 23.4 Å². The molecule has 0 radical (unpaired) electrons. The number of aliphatic hydroxyl groups is 1. The number of ether oxygens (including phenoxy) is 2. The Hall–Kier alpha value is -3.65. The lowest BCUT2D eigenvalue weighted by molar-refractivity contribution is -0.132. The molecule has 8 heteroatoms. The highest BCUT2D eigenvalue weighted by Gasteiger charge is 2.48. The quantitative estimate of drug-likeness (QED) is 0.259. The van der Waals surface area contributed by atoms with E-state index in [1.54, 1.807) is 23.7 Å². The van der Waals surface area contributed by atoms with Crippen LogP contribution in [0.25, 0.3) is 5.76 Å². The number of carbonyl (C=O) groups is 2. The molecule has 2 atom stereocenters. The first-order valence-electron chi connectivity index (χ1n) is 12.1. The van der Waals surface area contributed by atoms with Gasteiger partial charge in [-0.05, 0) is 60.7 Å². The molecular formula is C28H28N2O5S. The number of hydrogen-bond donors (Lipinski definition) is 1. The van der Waals surface area contributed by atoms with E-state index in [0.29, 0.717) is 41.0 Å². The zero-order valence-corrected chi connectivity index (χ0v) is 21.2. The number of aromatic nitrogens is 1. The highest BCUT2D eigenvalue weighted by Crippen LogP contribution is 2.44. The number of fused-ring (bicyclic) bond motifs is 1. The van der Waals surface area contributed by atoms with Gasteiger partial charge in [0.05, 0.1) is 18.2 Å². The topological polar surface area (TPSA) is 89.0 Å². The van der Waals surface area contributed by atoms with Crippen molar-refractivity contribution in [3.05, 3.63) is 76.3 Å². The number of benzene rings is 2. The van der Waals surface area contributed by atoms with Crippen LogP contribution in [-0.4, -0.2) is 34.5 Å². The fraction of sp³-hybridized carbons (Fsp3) is 0.321. The van der Waals surface area contributed by atoms with Crippen molar-refractivity contribution >= 4 is 33.9 Å².